The highest BCUT2D eigenvalue weighted by molar-refractivity contribution is 5.92. The van der Waals surface area contributed by atoms with Crippen LogP contribution in [0.1, 0.15) is 10.5 Å². The number of hydrogen-bond donors (Lipinski definition) is 1. The zero-order valence-corrected chi connectivity index (χ0v) is 10.6. The molecule has 0 aliphatic carbocycles. The molecule has 0 spiro atoms. The number of halogens is 3. The topological polar surface area (TPSA) is 54.5 Å². The van der Waals surface area contributed by atoms with Crippen LogP contribution in [0.5, 0.6) is 5.88 Å². The third-order valence-electron chi connectivity index (χ3n) is 2.73. The lowest BCUT2D eigenvalue weighted by Crippen LogP contribution is -2.46. The molecule has 0 saturated carbocycles. The first-order valence-electron chi connectivity index (χ1n) is 6.12. The lowest BCUT2D eigenvalue weighted by atomic mass is 10.3. The average molecular weight is 289 g/mol. The quantitative estimate of drug-likeness (QED) is 0.904. The largest absolute Gasteiger partial charge is 0.468 e. The van der Waals surface area contributed by atoms with Crippen LogP contribution in [-0.4, -0.2) is 54.8 Å². The van der Waals surface area contributed by atoms with E-state index in [4.69, 9.17) is 0 Å². The molecule has 2 rings (SSSR count). The summed E-state index contributed by atoms with van der Waals surface area (Å²) in [6.07, 6.45) is -4.43. The molecular formula is C12H14F3N3O2. The summed E-state index contributed by atoms with van der Waals surface area (Å²) in [6, 6.07) is 4.21. The summed E-state index contributed by atoms with van der Waals surface area (Å²) in [7, 11) is 0. The van der Waals surface area contributed by atoms with Crippen LogP contribution in [0.4, 0.5) is 13.2 Å². The lowest BCUT2D eigenvalue weighted by molar-refractivity contribution is -0.154. The molecule has 1 amide bonds. The molecule has 0 aromatic carbocycles. The molecule has 1 N–H and O–H groups in total. The minimum atomic E-state index is -4.43. The van der Waals surface area contributed by atoms with Crippen molar-refractivity contribution in [3.05, 3.63) is 23.9 Å². The highest BCUT2D eigenvalue weighted by Crippen LogP contribution is 2.17. The first-order valence-corrected chi connectivity index (χ1v) is 6.12. The number of ether oxygens (including phenoxy) is 1. The van der Waals surface area contributed by atoms with Gasteiger partial charge in [0.15, 0.2) is 6.61 Å². The molecule has 1 aromatic rings. The van der Waals surface area contributed by atoms with Crippen molar-refractivity contribution < 1.29 is 22.7 Å². The number of nitrogens with one attached hydrogen (secondary N) is 1. The van der Waals surface area contributed by atoms with Gasteiger partial charge < -0.3 is 15.0 Å². The number of hydrogen-bond acceptors (Lipinski definition) is 4. The molecule has 1 saturated heterocycles. The first-order chi connectivity index (χ1) is 9.46. The minimum Gasteiger partial charge on any atom is -0.468 e. The van der Waals surface area contributed by atoms with Crippen LogP contribution in [0.2, 0.25) is 0 Å². The van der Waals surface area contributed by atoms with E-state index in [2.05, 4.69) is 15.0 Å². The van der Waals surface area contributed by atoms with Gasteiger partial charge in [-0.3, -0.25) is 4.79 Å². The van der Waals surface area contributed by atoms with Gasteiger partial charge in [-0.1, -0.05) is 6.07 Å². The highest BCUT2D eigenvalue weighted by Gasteiger charge is 2.29. The molecule has 1 aromatic heterocycles. The van der Waals surface area contributed by atoms with Gasteiger partial charge in [0.1, 0.15) is 5.69 Å². The number of alkyl halides is 3. The summed E-state index contributed by atoms with van der Waals surface area (Å²) in [4.78, 5) is 17.5. The highest BCUT2D eigenvalue weighted by atomic mass is 19.4. The van der Waals surface area contributed by atoms with E-state index in [1.54, 1.807) is 4.90 Å². The Morgan fingerprint density at radius 2 is 2.05 bits per heavy atom. The fourth-order valence-corrected chi connectivity index (χ4v) is 1.80. The Kier molecular flexibility index (Phi) is 4.43. The third kappa shape index (κ3) is 4.09. The maximum Gasteiger partial charge on any atom is 0.422 e. The van der Waals surface area contributed by atoms with Crippen molar-refractivity contribution in [2.75, 3.05) is 32.8 Å². The van der Waals surface area contributed by atoms with Crippen LogP contribution in [0, 0.1) is 0 Å². The molecule has 0 radical (unpaired) electrons. The fraction of sp³-hybridized carbons (Fsp3) is 0.500. The number of carbonyl (C=O) groups is 1. The fourth-order valence-electron chi connectivity index (χ4n) is 1.80. The Morgan fingerprint density at radius 1 is 1.35 bits per heavy atom. The van der Waals surface area contributed by atoms with Gasteiger partial charge in [0.2, 0.25) is 5.88 Å². The number of nitrogens with zero attached hydrogens (tertiary/aromatic N) is 2. The van der Waals surface area contributed by atoms with E-state index in [-0.39, 0.29) is 17.5 Å². The van der Waals surface area contributed by atoms with Crippen LogP contribution in [0.15, 0.2) is 18.2 Å². The van der Waals surface area contributed by atoms with Crippen molar-refractivity contribution >= 4 is 5.91 Å². The van der Waals surface area contributed by atoms with Crippen molar-refractivity contribution in [2.45, 2.75) is 6.18 Å². The second-order valence-electron chi connectivity index (χ2n) is 4.31. The van der Waals surface area contributed by atoms with E-state index in [9.17, 15) is 18.0 Å². The predicted octanol–water partition coefficient (Wildman–Crippen LogP) is 1.07. The molecule has 2 heterocycles. The normalized spacial score (nSPS) is 16.1. The van der Waals surface area contributed by atoms with Crippen molar-refractivity contribution in [1.82, 2.24) is 15.2 Å². The molecule has 110 valence electrons. The van der Waals surface area contributed by atoms with Gasteiger partial charge in [-0.25, -0.2) is 4.98 Å². The maximum atomic E-state index is 12.1. The van der Waals surface area contributed by atoms with Crippen molar-refractivity contribution in [1.29, 1.82) is 0 Å². The molecule has 0 atom stereocenters. The molecule has 0 bridgehead atoms. The summed E-state index contributed by atoms with van der Waals surface area (Å²) in [5.74, 6) is -0.507. The Morgan fingerprint density at radius 3 is 2.70 bits per heavy atom. The Balaban J connectivity index is 2.03. The second-order valence-corrected chi connectivity index (χ2v) is 4.31. The van der Waals surface area contributed by atoms with Gasteiger partial charge in [-0.05, 0) is 6.07 Å². The van der Waals surface area contributed by atoms with Crippen molar-refractivity contribution in [3.63, 3.8) is 0 Å². The summed E-state index contributed by atoms with van der Waals surface area (Å²) in [6.45, 7) is 1.06. The number of pyridine rings is 1. The molecular weight excluding hydrogens is 275 g/mol. The van der Waals surface area contributed by atoms with Gasteiger partial charge in [0, 0.05) is 32.2 Å². The van der Waals surface area contributed by atoms with E-state index in [1.807, 2.05) is 0 Å². The molecule has 20 heavy (non-hydrogen) atoms. The molecule has 0 unspecified atom stereocenters. The van der Waals surface area contributed by atoms with E-state index < -0.39 is 12.8 Å². The van der Waals surface area contributed by atoms with Crippen LogP contribution in [0.3, 0.4) is 0 Å². The first kappa shape index (κ1) is 14.6. The zero-order valence-electron chi connectivity index (χ0n) is 10.6. The molecule has 8 heteroatoms. The van der Waals surface area contributed by atoms with E-state index in [0.29, 0.717) is 26.2 Å². The lowest BCUT2D eigenvalue weighted by Gasteiger charge is -2.27. The minimum absolute atomic E-state index is 0.0894. The van der Waals surface area contributed by atoms with E-state index in [1.165, 1.54) is 18.2 Å². The Bertz CT molecular complexity index is 473. The van der Waals surface area contributed by atoms with E-state index in [0.717, 1.165) is 0 Å². The summed E-state index contributed by atoms with van der Waals surface area (Å²) in [5, 5.41) is 3.11. The zero-order chi connectivity index (χ0) is 14.6. The molecule has 5 nitrogen and oxygen atoms in total. The standard InChI is InChI=1S/C12H14F3N3O2/c13-12(14,15)8-20-10-3-1-2-9(17-10)11(19)18-6-4-16-5-7-18/h1-3,16H,4-8H2. The number of aromatic nitrogens is 1. The second kappa shape index (κ2) is 6.08. The Hall–Kier alpha value is -1.83. The van der Waals surface area contributed by atoms with Gasteiger partial charge in [-0.2, -0.15) is 13.2 Å². The van der Waals surface area contributed by atoms with Crippen LogP contribution in [-0.2, 0) is 0 Å². The van der Waals surface area contributed by atoms with Gasteiger partial charge in [-0.15, -0.1) is 0 Å². The van der Waals surface area contributed by atoms with Crippen LogP contribution in [0.25, 0.3) is 0 Å². The molecule has 1 aliphatic rings. The number of piperazine rings is 1. The van der Waals surface area contributed by atoms with Gasteiger partial charge in [0.05, 0.1) is 0 Å². The number of rotatable bonds is 3. The van der Waals surface area contributed by atoms with Crippen molar-refractivity contribution in [2.24, 2.45) is 0 Å². The Labute approximate surface area is 113 Å². The van der Waals surface area contributed by atoms with Gasteiger partial charge in [0.25, 0.3) is 5.91 Å². The summed E-state index contributed by atoms with van der Waals surface area (Å²) in [5.41, 5.74) is 0.0894. The SMILES string of the molecule is O=C(c1cccc(OCC(F)(F)F)n1)N1CCNCC1. The summed E-state index contributed by atoms with van der Waals surface area (Å²) < 4.78 is 40.7. The smallest absolute Gasteiger partial charge is 0.422 e. The van der Waals surface area contributed by atoms with Crippen LogP contribution >= 0.6 is 0 Å². The van der Waals surface area contributed by atoms with E-state index >= 15 is 0 Å². The molecule has 1 aliphatic heterocycles. The average Bonchev–Trinajstić information content (AvgIpc) is 2.45. The number of amides is 1. The van der Waals surface area contributed by atoms with Gasteiger partial charge >= 0.3 is 6.18 Å². The van der Waals surface area contributed by atoms with Crippen molar-refractivity contribution in [3.8, 4) is 5.88 Å². The summed E-state index contributed by atoms with van der Waals surface area (Å²) >= 11 is 0. The molecule has 1 fully saturated rings. The number of carbonyl (C=O) groups excluding carboxylic acids is 1. The third-order valence-corrected chi connectivity index (χ3v) is 2.73. The maximum absolute atomic E-state index is 12.1. The van der Waals surface area contributed by atoms with Crippen LogP contribution < -0.4 is 10.1 Å². The predicted molar refractivity (Wildman–Crippen MR) is 64.6 cm³/mol. The monoisotopic (exact) mass is 289 g/mol.